The largest absolute Gasteiger partial charge is 0.506 e. The molecule has 0 bridgehead atoms. The van der Waals surface area contributed by atoms with Crippen molar-refractivity contribution in [2.45, 2.75) is 6.54 Å². The van der Waals surface area contributed by atoms with E-state index in [0.29, 0.717) is 8.95 Å². The Balaban J connectivity index is 2.16. The molecule has 0 aromatic heterocycles. The van der Waals surface area contributed by atoms with E-state index in [4.69, 9.17) is 4.74 Å². The molecular weight excluding hydrogens is 386 g/mol. The minimum atomic E-state index is 0.223. The molecule has 0 saturated carbocycles. The summed E-state index contributed by atoms with van der Waals surface area (Å²) in [5, 5.41) is 9.72. The molecule has 3 nitrogen and oxygen atoms in total. The van der Waals surface area contributed by atoms with Gasteiger partial charge in [0, 0.05) is 19.3 Å². The number of nitrogens with zero attached hydrogens (tertiary/aromatic N) is 1. The zero-order chi connectivity index (χ0) is 14.7. The number of hydrogen-bond acceptors (Lipinski definition) is 3. The molecule has 0 aliphatic rings. The van der Waals surface area contributed by atoms with Gasteiger partial charge >= 0.3 is 0 Å². The number of aromatic hydroxyl groups is 1. The minimum absolute atomic E-state index is 0.223. The Kier molecular flexibility index (Phi) is 4.94. The number of ether oxygens (including phenoxy) is 1. The van der Waals surface area contributed by atoms with Gasteiger partial charge in [0.15, 0.2) is 0 Å². The zero-order valence-corrected chi connectivity index (χ0v) is 14.4. The standard InChI is InChI=1S/C15H15Br2NO2/c1-18(11-3-5-12(20-2)6-4-11)9-10-7-13(16)15(19)14(17)8-10/h3-8,19H,9H2,1-2H3. The highest BCUT2D eigenvalue weighted by atomic mass is 79.9. The molecule has 5 heteroatoms. The van der Waals surface area contributed by atoms with E-state index >= 15 is 0 Å². The third-order valence-electron chi connectivity index (χ3n) is 3.01. The van der Waals surface area contributed by atoms with Crippen LogP contribution in [-0.2, 0) is 6.54 Å². The van der Waals surface area contributed by atoms with Crippen LogP contribution < -0.4 is 9.64 Å². The van der Waals surface area contributed by atoms with Crippen molar-refractivity contribution in [3.63, 3.8) is 0 Å². The number of hydrogen-bond donors (Lipinski definition) is 1. The molecule has 20 heavy (non-hydrogen) atoms. The average molecular weight is 401 g/mol. The lowest BCUT2D eigenvalue weighted by Crippen LogP contribution is -2.16. The first-order valence-electron chi connectivity index (χ1n) is 6.03. The molecular formula is C15H15Br2NO2. The lowest BCUT2D eigenvalue weighted by molar-refractivity contribution is 0.415. The first kappa shape index (κ1) is 15.2. The van der Waals surface area contributed by atoms with Crippen LogP contribution in [0.1, 0.15) is 5.56 Å². The summed E-state index contributed by atoms with van der Waals surface area (Å²) < 4.78 is 6.52. The van der Waals surface area contributed by atoms with Gasteiger partial charge in [-0.25, -0.2) is 0 Å². The molecule has 0 fully saturated rings. The molecule has 2 rings (SSSR count). The number of phenolic OH excluding ortho intramolecular Hbond substituents is 1. The molecule has 2 aromatic carbocycles. The second-order valence-corrected chi connectivity index (χ2v) is 6.17. The summed E-state index contributed by atoms with van der Waals surface area (Å²) in [7, 11) is 3.68. The van der Waals surface area contributed by atoms with Gasteiger partial charge in [0.05, 0.1) is 16.1 Å². The molecule has 0 aliphatic carbocycles. The highest BCUT2D eigenvalue weighted by molar-refractivity contribution is 9.11. The van der Waals surface area contributed by atoms with Gasteiger partial charge in [-0.3, -0.25) is 0 Å². The summed E-state index contributed by atoms with van der Waals surface area (Å²) in [5.74, 6) is 1.07. The predicted molar refractivity (Wildman–Crippen MR) is 88.6 cm³/mol. The van der Waals surface area contributed by atoms with E-state index in [0.717, 1.165) is 23.5 Å². The monoisotopic (exact) mass is 399 g/mol. The Morgan fingerprint density at radius 2 is 1.65 bits per heavy atom. The van der Waals surface area contributed by atoms with Crippen LogP contribution in [0.5, 0.6) is 11.5 Å². The lowest BCUT2D eigenvalue weighted by atomic mass is 10.2. The number of benzene rings is 2. The van der Waals surface area contributed by atoms with Gasteiger partial charge in [-0.05, 0) is 73.8 Å². The van der Waals surface area contributed by atoms with Crippen molar-refractivity contribution in [3.05, 3.63) is 50.9 Å². The number of anilines is 1. The van der Waals surface area contributed by atoms with Crippen molar-refractivity contribution in [2.24, 2.45) is 0 Å². The topological polar surface area (TPSA) is 32.7 Å². The summed E-state index contributed by atoms with van der Waals surface area (Å²) in [5.41, 5.74) is 2.20. The molecule has 0 atom stereocenters. The predicted octanol–water partition coefficient (Wildman–Crippen LogP) is 4.56. The fourth-order valence-corrected chi connectivity index (χ4v) is 3.19. The van der Waals surface area contributed by atoms with Crippen LogP contribution in [0.25, 0.3) is 0 Å². The summed E-state index contributed by atoms with van der Waals surface area (Å²) in [6, 6.07) is 11.7. The highest BCUT2D eigenvalue weighted by Crippen LogP contribution is 2.34. The molecule has 2 aromatic rings. The molecule has 106 valence electrons. The third-order valence-corrected chi connectivity index (χ3v) is 4.22. The molecule has 0 spiro atoms. The normalized spacial score (nSPS) is 10.4. The van der Waals surface area contributed by atoms with Crippen molar-refractivity contribution in [1.82, 2.24) is 0 Å². The van der Waals surface area contributed by atoms with E-state index in [2.05, 4.69) is 36.8 Å². The number of methoxy groups -OCH3 is 1. The minimum Gasteiger partial charge on any atom is -0.506 e. The maximum absolute atomic E-state index is 9.72. The molecule has 0 amide bonds. The Morgan fingerprint density at radius 3 is 2.15 bits per heavy atom. The quantitative estimate of drug-likeness (QED) is 0.816. The summed E-state index contributed by atoms with van der Waals surface area (Å²) >= 11 is 6.69. The van der Waals surface area contributed by atoms with Crippen molar-refractivity contribution in [1.29, 1.82) is 0 Å². The molecule has 0 aliphatic heterocycles. The van der Waals surface area contributed by atoms with Crippen molar-refractivity contribution >= 4 is 37.5 Å². The fraction of sp³-hybridized carbons (Fsp3) is 0.200. The molecule has 0 radical (unpaired) electrons. The van der Waals surface area contributed by atoms with Crippen molar-refractivity contribution in [2.75, 3.05) is 19.1 Å². The number of halogens is 2. The van der Waals surface area contributed by atoms with Crippen LogP contribution in [-0.4, -0.2) is 19.3 Å². The smallest absolute Gasteiger partial charge is 0.143 e. The van der Waals surface area contributed by atoms with E-state index in [-0.39, 0.29) is 5.75 Å². The summed E-state index contributed by atoms with van der Waals surface area (Å²) in [6.07, 6.45) is 0. The van der Waals surface area contributed by atoms with Gasteiger partial charge in [0.1, 0.15) is 11.5 Å². The van der Waals surface area contributed by atoms with Gasteiger partial charge in [-0.1, -0.05) is 0 Å². The molecule has 1 N–H and O–H groups in total. The van der Waals surface area contributed by atoms with Crippen LogP contribution in [0, 0.1) is 0 Å². The van der Waals surface area contributed by atoms with Gasteiger partial charge in [-0.2, -0.15) is 0 Å². The maximum atomic E-state index is 9.72. The summed E-state index contributed by atoms with van der Waals surface area (Å²) in [6.45, 7) is 0.740. The summed E-state index contributed by atoms with van der Waals surface area (Å²) in [4.78, 5) is 2.13. The maximum Gasteiger partial charge on any atom is 0.143 e. The van der Waals surface area contributed by atoms with Crippen LogP contribution in [0.15, 0.2) is 45.3 Å². The molecule has 0 heterocycles. The number of phenols is 1. The number of rotatable bonds is 4. The fourth-order valence-electron chi connectivity index (χ4n) is 1.91. The van der Waals surface area contributed by atoms with Crippen molar-refractivity contribution in [3.8, 4) is 11.5 Å². The second kappa shape index (κ2) is 6.50. The van der Waals surface area contributed by atoms with Gasteiger partial charge in [-0.15, -0.1) is 0 Å². The molecule has 0 saturated heterocycles. The Morgan fingerprint density at radius 1 is 1.10 bits per heavy atom. The first-order valence-corrected chi connectivity index (χ1v) is 7.62. The Bertz CT molecular complexity index is 576. The second-order valence-electron chi connectivity index (χ2n) is 4.46. The van der Waals surface area contributed by atoms with E-state index in [9.17, 15) is 5.11 Å². The zero-order valence-electron chi connectivity index (χ0n) is 11.2. The van der Waals surface area contributed by atoms with Crippen LogP contribution in [0.2, 0.25) is 0 Å². The van der Waals surface area contributed by atoms with E-state index in [1.54, 1.807) is 7.11 Å². The first-order chi connectivity index (χ1) is 9.51. The van der Waals surface area contributed by atoms with Gasteiger partial charge in [0.25, 0.3) is 0 Å². The SMILES string of the molecule is COc1ccc(N(C)Cc2cc(Br)c(O)c(Br)c2)cc1. The lowest BCUT2D eigenvalue weighted by Gasteiger charge is -2.20. The van der Waals surface area contributed by atoms with Crippen LogP contribution in [0.3, 0.4) is 0 Å². The van der Waals surface area contributed by atoms with E-state index in [1.165, 1.54) is 0 Å². The Hall–Kier alpha value is -1.20. The highest BCUT2D eigenvalue weighted by Gasteiger charge is 2.08. The molecule has 0 unspecified atom stereocenters. The average Bonchev–Trinajstić information content (AvgIpc) is 2.44. The van der Waals surface area contributed by atoms with E-state index in [1.807, 2.05) is 43.4 Å². The van der Waals surface area contributed by atoms with Crippen LogP contribution >= 0.6 is 31.9 Å². The Labute approximate surface area is 135 Å². The van der Waals surface area contributed by atoms with Gasteiger partial charge < -0.3 is 14.7 Å². The van der Waals surface area contributed by atoms with E-state index < -0.39 is 0 Å². The van der Waals surface area contributed by atoms with Crippen molar-refractivity contribution < 1.29 is 9.84 Å². The van der Waals surface area contributed by atoms with Crippen LogP contribution in [0.4, 0.5) is 5.69 Å². The third kappa shape index (κ3) is 3.46. The van der Waals surface area contributed by atoms with Gasteiger partial charge in [0.2, 0.25) is 0 Å².